The van der Waals surface area contributed by atoms with Crippen molar-refractivity contribution in [2.24, 2.45) is 0 Å². The van der Waals surface area contributed by atoms with Crippen LogP contribution in [0.4, 0.5) is 4.79 Å². The molecule has 0 aliphatic carbocycles. The van der Waals surface area contributed by atoms with E-state index in [0.29, 0.717) is 36.1 Å². The van der Waals surface area contributed by atoms with Crippen molar-refractivity contribution >= 4 is 6.09 Å². The van der Waals surface area contributed by atoms with Crippen LogP contribution in [0.2, 0.25) is 0 Å². The second kappa shape index (κ2) is 9.38. The summed E-state index contributed by atoms with van der Waals surface area (Å²) in [4.78, 5) is 27.3. The third kappa shape index (κ3) is 5.54. The van der Waals surface area contributed by atoms with Crippen LogP contribution in [0, 0.1) is 11.8 Å². The van der Waals surface area contributed by atoms with Gasteiger partial charge in [0.1, 0.15) is 23.0 Å². The standard InChI is InChI=1S/C24H25N5O4/c1-24(2,3)32-23(30)29-15-18(31-4)13-20(29)22-27-21(28-33-22)19-11-9-16(14-26-19)8-10-17-7-5-6-12-25-17/h5-7,9,11-12,14,18,20H,13,15H2,1-4H3. The van der Waals surface area contributed by atoms with E-state index in [2.05, 4.69) is 31.9 Å². The lowest BCUT2D eigenvalue weighted by Gasteiger charge is -2.26. The summed E-state index contributed by atoms with van der Waals surface area (Å²) >= 11 is 0. The Morgan fingerprint density at radius 1 is 1.18 bits per heavy atom. The summed E-state index contributed by atoms with van der Waals surface area (Å²) in [7, 11) is 1.61. The Labute approximate surface area is 192 Å². The van der Waals surface area contributed by atoms with Gasteiger partial charge in [0, 0.05) is 31.5 Å². The highest BCUT2D eigenvalue weighted by Crippen LogP contribution is 2.34. The maximum absolute atomic E-state index is 12.7. The maximum Gasteiger partial charge on any atom is 0.411 e. The fraction of sp³-hybridized carbons (Fsp3) is 0.375. The minimum atomic E-state index is -0.613. The highest BCUT2D eigenvalue weighted by atomic mass is 16.6. The van der Waals surface area contributed by atoms with Gasteiger partial charge in [0.15, 0.2) is 0 Å². The molecule has 0 bridgehead atoms. The summed E-state index contributed by atoms with van der Waals surface area (Å²) < 4.78 is 16.5. The molecule has 0 spiro atoms. The number of carbonyl (C=O) groups is 1. The highest BCUT2D eigenvalue weighted by Gasteiger charge is 2.41. The molecule has 1 aliphatic rings. The summed E-state index contributed by atoms with van der Waals surface area (Å²) in [6, 6.07) is 8.74. The van der Waals surface area contributed by atoms with Crippen LogP contribution in [0.25, 0.3) is 11.5 Å². The van der Waals surface area contributed by atoms with Crippen LogP contribution < -0.4 is 0 Å². The predicted octanol–water partition coefficient (Wildman–Crippen LogP) is 3.62. The van der Waals surface area contributed by atoms with E-state index in [1.165, 1.54) is 0 Å². The van der Waals surface area contributed by atoms with Gasteiger partial charge in [-0.05, 0) is 51.0 Å². The Balaban J connectivity index is 1.50. The summed E-state index contributed by atoms with van der Waals surface area (Å²) in [5.74, 6) is 6.67. The molecular formula is C24H25N5O4. The molecule has 0 radical (unpaired) electrons. The van der Waals surface area contributed by atoms with Gasteiger partial charge in [-0.15, -0.1) is 0 Å². The van der Waals surface area contributed by atoms with Crippen LogP contribution >= 0.6 is 0 Å². The van der Waals surface area contributed by atoms with Gasteiger partial charge >= 0.3 is 6.09 Å². The van der Waals surface area contributed by atoms with Gasteiger partial charge in [0.05, 0.1) is 12.6 Å². The van der Waals surface area contributed by atoms with E-state index in [0.717, 1.165) is 5.56 Å². The zero-order chi connectivity index (χ0) is 23.4. The van der Waals surface area contributed by atoms with Crippen LogP contribution in [0.5, 0.6) is 0 Å². The number of hydrogen-bond acceptors (Lipinski definition) is 8. The Morgan fingerprint density at radius 3 is 2.70 bits per heavy atom. The molecule has 4 rings (SSSR count). The molecule has 1 aliphatic heterocycles. The lowest BCUT2D eigenvalue weighted by molar-refractivity contribution is 0.0174. The molecule has 0 aromatic carbocycles. The van der Waals surface area contributed by atoms with E-state index in [9.17, 15) is 4.79 Å². The number of ether oxygens (including phenoxy) is 2. The molecule has 0 saturated carbocycles. The Bertz CT molecular complexity index is 1160. The molecular weight excluding hydrogens is 422 g/mol. The lowest BCUT2D eigenvalue weighted by atomic mass is 10.2. The third-order valence-corrected chi connectivity index (χ3v) is 4.94. The monoisotopic (exact) mass is 447 g/mol. The number of pyridine rings is 2. The molecule has 33 heavy (non-hydrogen) atoms. The van der Waals surface area contributed by atoms with Crippen molar-refractivity contribution in [3.8, 4) is 23.4 Å². The lowest BCUT2D eigenvalue weighted by Crippen LogP contribution is -2.37. The fourth-order valence-corrected chi connectivity index (χ4v) is 3.37. The minimum Gasteiger partial charge on any atom is -0.444 e. The first kappa shape index (κ1) is 22.4. The van der Waals surface area contributed by atoms with Crippen LogP contribution in [0.15, 0.2) is 47.2 Å². The molecule has 9 heteroatoms. The quantitative estimate of drug-likeness (QED) is 0.561. The van der Waals surface area contributed by atoms with Gasteiger partial charge < -0.3 is 14.0 Å². The van der Waals surface area contributed by atoms with Crippen LogP contribution in [-0.2, 0) is 9.47 Å². The average Bonchev–Trinajstić information content (AvgIpc) is 3.45. The van der Waals surface area contributed by atoms with Crippen molar-refractivity contribution in [1.29, 1.82) is 0 Å². The van der Waals surface area contributed by atoms with Crippen molar-refractivity contribution in [3.05, 3.63) is 59.9 Å². The summed E-state index contributed by atoms with van der Waals surface area (Å²) in [5.41, 5.74) is 1.35. The highest BCUT2D eigenvalue weighted by molar-refractivity contribution is 5.69. The number of nitrogens with zero attached hydrogens (tertiary/aromatic N) is 5. The van der Waals surface area contributed by atoms with Gasteiger partial charge in [0.2, 0.25) is 11.7 Å². The Morgan fingerprint density at radius 2 is 2.03 bits per heavy atom. The van der Waals surface area contributed by atoms with Gasteiger partial charge in [-0.1, -0.05) is 17.1 Å². The van der Waals surface area contributed by atoms with E-state index >= 15 is 0 Å². The van der Waals surface area contributed by atoms with Crippen molar-refractivity contribution in [1.82, 2.24) is 25.0 Å². The molecule has 3 aromatic rings. The molecule has 0 N–H and O–H groups in total. The maximum atomic E-state index is 12.7. The first-order valence-corrected chi connectivity index (χ1v) is 10.6. The minimum absolute atomic E-state index is 0.145. The largest absolute Gasteiger partial charge is 0.444 e. The molecule has 2 atom stereocenters. The van der Waals surface area contributed by atoms with Crippen molar-refractivity contribution in [2.45, 2.75) is 44.9 Å². The first-order chi connectivity index (χ1) is 15.8. The molecule has 9 nitrogen and oxygen atoms in total. The Kier molecular flexibility index (Phi) is 6.38. The molecule has 170 valence electrons. The molecule has 2 unspecified atom stereocenters. The van der Waals surface area contributed by atoms with Crippen molar-refractivity contribution < 1.29 is 18.8 Å². The number of carbonyl (C=O) groups excluding carboxylic acids is 1. The van der Waals surface area contributed by atoms with E-state index < -0.39 is 17.7 Å². The van der Waals surface area contributed by atoms with E-state index in [1.807, 2.05) is 45.0 Å². The zero-order valence-electron chi connectivity index (χ0n) is 19.0. The zero-order valence-corrected chi connectivity index (χ0v) is 19.0. The first-order valence-electron chi connectivity index (χ1n) is 10.6. The van der Waals surface area contributed by atoms with E-state index in [1.54, 1.807) is 30.5 Å². The van der Waals surface area contributed by atoms with Gasteiger partial charge in [0.25, 0.3) is 0 Å². The summed E-state index contributed by atoms with van der Waals surface area (Å²) in [5, 5.41) is 4.06. The molecule has 4 heterocycles. The topological polar surface area (TPSA) is 103 Å². The Hall–Kier alpha value is -3.77. The SMILES string of the molecule is COC1CC(c2nc(-c3ccc(C#Cc4ccccn4)cn3)no2)N(C(=O)OC(C)(C)C)C1. The van der Waals surface area contributed by atoms with E-state index in [-0.39, 0.29) is 6.10 Å². The molecule has 1 amide bonds. The average molecular weight is 447 g/mol. The summed E-state index contributed by atoms with van der Waals surface area (Å²) in [6.07, 6.45) is 3.29. The third-order valence-electron chi connectivity index (χ3n) is 4.94. The smallest absolute Gasteiger partial charge is 0.411 e. The number of rotatable bonds is 3. The summed E-state index contributed by atoms with van der Waals surface area (Å²) in [6.45, 7) is 5.86. The van der Waals surface area contributed by atoms with Crippen molar-refractivity contribution in [3.63, 3.8) is 0 Å². The predicted molar refractivity (Wildman–Crippen MR) is 119 cm³/mol. The molecule has 3 aromatic heterocycles. The normalized spacial score (nSPS) is 18.0. The van der Waals surface area contributed by atoms with Crippen LogP contribution in [0.3, 0.4) is 0 Å². The van der Waals surface area contributed by atoms with Crippen molar-refractivity contribution in [2.75, 3.05) is 13.7 Å². The number of aromatic nitrogens is 4. The number of hydrogen-bond donors (Lipinski definition) is 0. The van der Waals surface area contributed by atoms with Crippen LogP contribution in [-0.4, -0.2) is 56.5 Å². The second-order valence-corrected chi connectivity index (χ2v) is 8.60. The number of likely N-dealkylation sites (tertiary alicyclic amines) is 1. The van der Waals surface area contributed by atoms with Gasteiger partial charge in [-0.3, -0.25) is 9.88 Å². The van der Waals surface area contributed by atoms with Gasteiger partial charge in [-0.25, -0.2) is 9.78 Å². The van der Waals surface area contributed by atoms with E-state index in [4.69, 9.17) is 14.0 Å². The van der Waals surface area contributed by atoms with Crippen LogP contribution in [0.1, 0.15) is 50.4 Å². The van der Waals surface area contributed by atoms with Gasteiger partial charge in [-0.2, -0.15) is 4.98 Å². The molecule has 1 fully saturated rings. The second-order valence-electron chi connectivity index (χ2n) is 8.60. The fourth-order valence-electron chi connectivity index (χ4n) is 3.37. The number of methoxy groups -OCH3 is 1. The molecule has 1 saturated heterocycles. The number of amides is 1.